The van der Waals surface area contributed by atoms with E-state index in [0.717, 1.165) is 54.7 Å². The van der Waals surface area contributed by atoms with Crippen LogP contribution in [0, 0.1) is 20.8 Å². The number of amides is 1. The minimum Gasteiger partial charge on any atom is -0.495 e. The lowest BCUT2D eigenvalue weighted by molar-refractivity contribution is -0.117. The van der Waals surface area contributed by atoms with Crippen LogP contribution in [0.2, 0.25) is 0 Å². The van der Waals surface area contributed by atoms with Crippen LogP contribution < -0.4 is 15.0 Å². The zero-order valence-corrected chi connectivity index (χ0v) is 19.0. The maximum absolute atomic E-state index is 12.8. The summed E-state index contributed by atoms with van der Waals surface area (Å²) in [7, 11) is 1.69. The fourth-order valence-electron chi connectivity index (χ4n) is 3.97. The molecule has 32 heavy (non-hydrogen) atoms. The first-order valence-electron chi connectivity index (χ1n) is 10.7. The quantitative estimate of drug-likeness (QED) is 0.636. The van der Waals surface area contributed by atoms with E-state index in [9.17, 15) is 4.79 Å². The number of methoxy groups -OCH3 is 1. The van der Waals surface area contributed by atoms with E-state index in [1.54, 1.807) is 11.8 Å². The van der Waals surface area contributed by atoms with Crippen LogP contribution in [0.5, 0.6) is 5.75 Å². The van der Waals surface area contributed by atoms with Crippen molar-refractivity contribution in [3.8, 4) is 11.7 Å². The molecule has 9 nitrogen and oxygen atoms in total. The first-order chi connectivity index (χ1) is 15.4. The predicted octanol–water partition coefficient (Wildman–Crippen LogP) is 2.36. The number of carbonyl (C=O) groups excluding carboxylic acids is 1. The number of ether oxygens (including phenoxy) is 1. The van der Waals surface area contributed by atoms with Gasteiger partial charge in [0.25, 0.3) is 5.95 Å². The number of hydrogen-bond donors (Lipinski definition) is 1. The number of aromatic nitrogens is 4. The first-order valence-corrected chi connectivity index (χ1v) is 10.7. The predicted molar refractivity (Wildman–Crippen MR) is 124 cm³/mol. The summed E-state index contributed by atoms with van der Waals surface area (Å²) in [5, 5.41) is 7.45. The van der Waals surface area contributed by atoms with Gasteiger partial charge in [-0.3, -0.25) is 9.69 Å². The first kappa shape index (κ1) is 21.8. The van der Waals surface area contributed by atoms with E-state index in [0.29, 0.717) is 18.3 Å². The van der Waals surface area contributed by atoms with Crippen molar-refractivity contribution < 1.29 is 9.53 Å². The second-order valence-electron chi connectivity index (χ2n) is 8.02. The third-order valence-corrected chi connectivity index (χ3v) is 5.42. The summed E-state index contributed by atoms with van der Waals surface area (Å²) < 4.78 is 7.07. The van der Waals surface area contributed by atoms with Crippen molar-refractivity contribution in [1.29, 1.82) is 0 Å². The molecule has 1 amide bonds. The molecule has 0 aliphatic carbocycles. The summed E-state index contributed by atoms with van der Waals surface area (Å²) in [5.74, 6) is 1.82. The van der Waals surface area contributed by atoms with Gasteiger partial charge in [0.1, 0.15) is 11.6 Å². The Balaban J connectivity index is 1.38. The highest BCUT2D eigenvalue weighted by Crippen LogP contribution is 2.28. The highest BCUT2D eigenvalue weighted by Gasteiger charge is 2.22. The van der Waals surface area contributed by atoms with Crippen LogP contribution in [0.3, 0.4) is 0 Å². The molecule has 0 atom stereocenters. The van der Waals surface area contributed by atoms with Crippen molar-refractivity contribution in [2.75, 3.05) is 50.1 Å². The second kappa shape index (κ2) is 9.35. The van der Waals surface area contributed by atoms with Gasteiger partial charge in [-0.1, -0.05) is 12.1 Å². The molecule has 3 heterocycles. The number of carbonyl (C=O) groups is 1. The van der Waals surface area contributed by atoms with Gasteiger partial charge in [-0.25, -0.2) is 9.97 Å². The molecule has 2 aromatic heterocycles. The smallest absolute Gasteiger partial charge is 0.252 e. The molecule has 1 saturated heterocycles. The van der Waals surface area contributed by atoms with Gasteiger partial charge in [-0.05, 0) is 39.0 Å². The number of anilines is 2. The van der Waals surface area contributed by atoms with Crippen LogP contribution in [-0.4, -0.2) is 70.4 Å². The molecule has 3 aromatic rings. The monoisotopic (exact) mass is 435 g/mol. The average Bonchev–Trinajstić information content (AvgIpc) is 3.13. The van der Waals surface area contributed by atoms with Crippen molar-refractivity contribution >= 4 is 17.4 Å². The number of piperazine rings is 1. The number of nitrogens with one attached hydrogen (secondary N) is 1. The minimum atomic E-state index is -0.0822. The number of rotatable bonds is 6. The molecular weight excluding hydrogens is 406 g/mol. The van der Waals surface area contributed by atoms with Crippen molar-refractivity contribution in [2.24, 2.45) is 0 Å². The van der Waals surface area contributed by atoms with E-state index >= 15 is 0 Å². The highest BCUT2D eigenvalue weighted by atomic mass is 16.5. The lowest BCUT2D eigenvalue weighted by Crippen LogP contribution is -2.48. The molecular formula is C23H29N7O2. The van der Waals surface area contributed by atoms with Gasteiger partial charge in [0.2, 0.25) is 5.91 Å². The van der Waals surface area contributed by atoms with Gasteiger partial charge in [-0.15, -0.1) is 0 Å². The highest BCUT2D eigenvalue weighted by molar-refractivity contribution is 5.91. The molecule has 1 N–H and O–H groups in total. The van der Waals surface area contributed by atoms with Gasteiger partial charge in [0, 0.05) is 43.6 Å². The molecule has 1 aliphatic rings. The Kier molecular flexibility index (Phi) is 6.36. The van der Waals surface area contributed by atoms with Crippen molar-refractivity contribution in [1.82, 2.24) is 24.6 Å². The number of aryl methyl sites for hydroxylation is 3. The van der Waals surface area contributed by atoms with Crippen LogP contribution in [0.4, 0.5) is 11.5 Å². The van der Waals surface area contributed by atoms with Gasteiger partial charge in [0.15, 0.2) is 0 Å². The zero-order valence-electron chi connectivity index (χ0n) is 19.0. The summed E-state index contributed by atoms with van der Waals surface area (Å²) in [6, 6.07) is 11.8. The molecule has 0 spiro atoms. The minimum absolute atomic E-state index is 0.0822. The number of benzene rings is 1. The van der Waals surface area contributed by atoms with Gasteiger partial charge >= 0.3 is 0 Å². The SMILES string of the molecule is COc1ccccc1N1CCN(CC(=O)Nc2cc(C)nn2-c2nc(C)cc(C)n2)CC1. The Hall–Kier alpha value is -3.46. The number of nitrogens with zero attached hydrogens (tertiary/aromatic N) is 6. The summed E-state index contributed by atoms with van der Waals surface area (Å²) in [6.07, 6.45) is 0. The third kappa shape index (κ3) is 4.88. The second-order valence-corrected chi connectivity index (χ2v) is 8.02. The molecule has 1 aromatic carbocycles. The Bertz CT molecular complexity index is 1080. The Morgan fingerprint density at radius 3 is 2.38 bits per heavy atom. The van der Waals surface area contributed by atoms with E-state index in [1.807, 2.05) is 51.1 Å². The normalized spacial score (nSPS) is 14.4. The third-order valence-electron chi connectivity index (χ3n) is 5.42. The molecule has 0 radical (unpaired) electrons. The Labute approximate surface area is 188 Å². The summed E-state index contributed by atoms with van der Waals surface area (Å²) in [4.78, 5) is 26.2. The lowest BCUT2D eigenvalue weighted by Gasteiger charge is -2.36. The molecule has 1 fully saturated rings. The molecule has 168 valence electrons. The van der Waals surface area contributed by atoms with Crippen molar-refractivity contribution in [3.63, 3.8) is 0 Å². The molecule has 0 bridgehead atoms. The number of hydrogen-bond acceptors (Lipinski definition) is 7. The van der Waals surface area contributed by atoms with Crippen LogP contribution in [0.15, 0.2) is 36.4 Å². The molecule has 0 unspecified atom stereocenters. The van der Waals surface area contributed by atoms with Crippen LogP contribution >= 0.6 is 0 Å². The average molecular weight is 436 g/mol. The lowest BCUT2D eigenvalue weighted by atomic mass is 10.2. The largest absolute Gasteiger partial charge is 0.495 e. The molecule has 4 rings (SSSR count). The molecule has 9 heteroatoms. The van der Waals surface area contributed by atoms with Gasteiger partial charge in [0.05, 0.1) is 25.0 Å². The van der Waals surface area contributed by atoms with Crippen molar-refractivity contribution in [3.05, 3.63) is 53.5 Å². The van der Waals surface area contributed by atoms with Crippen LogP contribution in [0.1, 0.15) is 17.1 Å². The van der Waals surface area contributed by atoms with E-state index in [2.05, 4.69) is 36.2 Å². The topological polar surface area (TPSA) is 88.4 Å². The van der Waals surface area contributed by atoms with Gasteiger partial charge in [-0.2, -0.15) is 9.78 Å². The Morgan fingerprint density at radius 1 is 1.00 bits per heavy atom. The maximum atomic E-state index is 12.8. The van der Waals surface area contributed by atoms with Gasteiger partial charge < -0.3 is 15.0 Å². The molecule has 1 aliphatic heterocycles. The van der Waals surface area contributed by atoms with E-state index in [-0.39, 0.29) is 5.91 Å². The molecule has 0 saturated carbocycles. The summed E-state index contributed by atoms with van der Waals surface area (Å²) in [5.41, 5.74) is 3.58. The summed E-state index contributed by atoms with van der Waals surface area (Å²) >= 11 is 0. The summed E-state index contributed by atoms with van der Waals surface area (Å²) in [6.45, 7) is 9.29. The number of para-hydroxylation sites is 2. The van der Waals surface area contributed by atoms with Crippen molar-refractivity contribution in [2.45, 2.75) is 20.8 Å². The standard InChI is InChI=1S/C23H29N7O2/c1-16-13-17(2)25-23(24-16)30-21(14-18(3)27-30)26-22(31)15-28-9-11-29(12-10-28)19-7-5-6-8-20(19)32-4/h5-8,13-14H,9-12,15H2,1-4H3,(H,26,31). The fourth-order valence-corrected chi connectivity index (χ4v) is 3.97. The Morgan fingerprint density at radius 2 is 1.69 bits per heavy atom. The fraction of sp³-hybridized carbons (Fsp3) is 0.391. The van der Waals surface area contributed by atoms with Crippen LogP contribution in [0.25, 0.3) is 5.95 Å². The zero-order chi connectivity index (χ0) is 22.7. The van der Waals surface area contributed by atoms with E-state index in [1.165, 1.54) is 0 Å². The van der Waals surface area contributed by atoms with Crippen LogP contribution in [-0.2, 0) is 4.79 Å². The van der Waals surface area contributed by atoms with E-state index in [4.69, 9.17) is 4.74 Å². The van der Waals surface area contributed by atoms with E-state index < -0.39 is 0 Å². The maximum Gasteiger partial charge on any atom is 0.252 e.